The monoisotopic (exact) mass is 278 g/mol. The number of carbonyl (C=O) groups excluding carboxylic acids is 1. The van der Waals surface area contributed by atoms with E-state index in [0.29, 0.717) is 19.1 Å². The molecule has 7 nitrogen and oxygen atoms in total. The van der Waals surface area contributed by atoms with Crippen LogP contribution in [0.3, 0.4) is 0 Å². The van der Waals surface area contributed by atoms with E-state index in [1.165, 1.54) is 12.1 Å². The van der Waals surface area contributed by atoms with Gasteiger partial charge in [-0.1, -0.05) is 6.92 Å². The van der Waals surface area contributed by atoms with E-state index >= 15 is 0 Å². The van der Waals surface area contributed by atoms with Crippen LogP contribution in [0.25, 0.3) is 0 Å². The number of rotatable bonds is 3. The van der Waals surface area contributed by atoms with Crippen molar-refractivity contribution in [3.8, 4) is 11.5 Å². The number of non-ortho nitro benzene ring substituents is 1. The molecule has 0 saturated heterocycles. The van der Waals surface area contributed by atoms with Gasteiger partial charge >= 0.3 is 0 Å². The Bertz CT molecular complexity index is 586. The van der Waals surface area contributed by atoms with Gasteiger partial charge in [-0.3, -0.25) is 14.9 Å². The number of benzene rings is 1. The van der Waals surface area contributed by atoms with E-state index < -0.39 is 4.92 Å². The molecule has 1 aromatic carbocycles. The van der Waals surface area contributed by atoms with Gasteiger partial charge < -0.3 is 14.8 Å². The number of amides is 1. The van der Waals surface area contributed by atoms with Crippen LogP contribution in [-0.4, -0.2) is 30.1 Å². The maximum absolute atomic E-state index is 12.2. The van der Waals surface area contributed by atoms with Gasteiger partial charge in [-0.25, -0.2) is 0 Å². The van der Waals surface area contributed by atoms with Crippen LogP contribution in [0.1, 0.15) is 23.7 Å². The third-order valence-electron chi connectivity index (χ3n) is 3.51. The minimum Gasteiger partial charge on any atom is -0.486 e. The molecule has 0 bridgehead atoms. The fourth-order valence-electron chi connectivity index (χ4n) is 2.18. The average molecular weight is 278 g/mol. The predicted molar refractivity (Wildman–Crippen MR) is 69.1 cm³/mol. The van der Waals surface area contributed by atoms with Crippen molar-refractivity contribution in [2.24, 2.45) is 5.92 Å². The average Bonchev–Trinajstić information content (AvgIpc) is 3.12. The van der Waals surface area contributed by atoms with Crippen LogP contribution >= 0.6 is 0 Å². The summed E-state index contributed by atoms with van der Waals surface area (Å²) in [5, 5.41) is 13.8. The molecule has 2 atom stereocenters. The molecule has 1 saturated carbocycles. The van der Waals surface area contributed by atoms with Gasteiger partial charge in [-0.05, 0) is 12.3 Å². The lowest BCUT2D eigenvalue weighted by Crippen LogP contribution is -2.28. The molecule has 1 aromatic rings. The van der Waals surface area contributed by atoms with E-state index in [1.54, 1.807) is 0 Å². The second kappa shape index (κ2) is 4.66. The molecule has 106 valence electrons. The molecule has 0 spiro atoms. The second-order valence-electron chi connectivity index (χ2n) is 5.07. The molecule has 1 aliphatic heterocycles. The Morgan fingerprint density at radius 3 is 2.75 bits per heavy atom. The predicted octanol–water partition coefficient (Wildman–Crippen LogP) is 1.50. The Hall–Kier alpha value is -2.31. The lowest BCUT2D eigenvalue weighted by molar-refractivity contribution is -0.385. The van der Waals surface area contributed by atoms with Crippen molar-refractivity contribution < 1.29 is 19.2 Å². The van der Waals surface area contributed by atoms with Crippen molar-refractivity contribution in [3.63, 3.8) is 0 Å². The van der Waals surface area contributed by atoms with Gasteiger partial charge in [-0.15, -0.1) is 0 Å². The maximum atomic E-state index is 12.2. The van der Waals surface area contributed by atoms with Crippen LogP contribution in [0.4, 0.5) is 5.69 Å². The van der Waals surface area contributed by atoms with Crippen molar-refractivity contribution >= 4 is 11.6 Å². The lowest BCUT2D eigenvalue weighted by Gasteiger charge is -2.20. The molecule has 1 aliphatic carbocycles. The Morgan fingerprint density at radius 2 is 2.10 bits per heavy atom. The highest BCUT2D eigenvalue weighted by Gasteiger charge is 2.35. The zero-order chi connectivity index (χ0) is 14.3. The molecule has 2 aliphatic rings. The summed E-state index contributed by atoms with van der Waals surface area (Å²) >= 11 is 0. The standard InChI is InChI=1S/C13H14N2O5/c1-7-4-10(7)14-13(16)9-5-8(15(17)18)6-11-12(9)20-3-2-19-11/h5-7,10H,2-4H2,1H3,(H,14,16). The number of carbonyl (C=O) groups is 1. The number of nitro groups is 1. The summed E-state index contributed by atoms with van der Waals surface area (Å²) in [6.45, 7) is 2.67. The largest absolute Gasteiger partial charge is 0.486 e. The Balaban J connectivity index is 1.96. The maximum Gasteiger partial charge on any atom is 0.274 e. The van der Waals surface area contributed by atoms with Crippen molar-refractivity contribution in [2.45, 2.75) is 19.4 Å². The topological polar surface area (TPSA) is 90.7 Å². The summed E-state index contributed by atoms with van der Waals surface area (Å²) in [5.41, 5.74) is -0.0174. The van der Waals surface area contributed by atoms with Crippen LogP contribution < -0.4 is 14.8 Å². The summed E-state index contributed by atoms with van der Waals surface area (Å²) in [7, 11) is 0. The number of nitrogens with zero attached hydrogens (tertiary/aromatic N) is 1. The first-order chi connectivity index (χ1) is 9.56. The smallest absolute Gasteiger partial charge is 0.274 e. The lowest BCUT2D eigenvalue weighted by atomic mass is 10.1. The van der Waals surface area contributed by atoms with Crippen molar-refractivity contribution in [1.82, 2.24) is 5.32 Å². The summed E-state index contributed by atoms with van der Waals surface area (Å²) in [6.07, 6.45) is 0.931. The van der Waals surface area contributed by atoms with Crippen LogP contribution in [0.2, 0.25) is 0 Å². The van der Waals surface area contributed by atoms with Gasteiger partial charge in [0.15, 0.2) is 11.5 Å². The summed E-state index contributed by atoms with van der Waals surface area (Å²) in [5.74, 6) is 0.627. The van der Waals surface area contributed by atoms with E-state index in [-0.39, 0.29) is 34.7 Å². The molecule has 0 aromatic heterocycles. The van der Waals surface area contributed by atoms with Crippen molar-refractivity contribution in [1.29, 1.82) is 0 Å². The number of hydrogen-bond donors (Lipinski definition) is 1. The molecule has 3 rings (SSSR count). The second-order valence-corrected chi connectivity index (χ2v) is 5.07. The van der Waals surface area contributed by atoms with Gasteiger partial charge in [0.05, 0.1) is 16.6 Å². The molecular weight excluding hydrogens is 264 g/mol. The minimum absolute atomic E-state index is 0.141. The number of hydrogen-bond acceptors (Lipinski definition) is 5. The molecule has 7 heteroatoms. The molecule has 1 N–H and O–H groups in total. The van der Waals surface area contributed by atoms with E-state index in [9.17, 15) is 14.9 Å². The highest BCUT2D eigenvalue weighted by Crippen LogP contribution is 2.38. The van der Waals surface area contributed by atoms with Crippen LogP contribution in [-0.2, 0) is 0 Å². The molecule has 2 unspecified atom stereocenters. The van der Waals surface area contributed by atoms with Crippen molar-refractivity contribution in [3.05, 3.63) is 27.8 Å². The zero-order valence-electron chi connectivity index (χ0n) is 10.9. The molecular formula is C13H14N2O5. The Morgan fingerprint density at radius 1 is 1.40 bits per heavy atom. The first-order valence-electron chi connectivity index (χ1n) is 6.45. The Kier molecular flexibility index (Phi) is 2.96. The van der Waals surface area contributed by atoms with E-state index in [4.69, 9.17) is 9.47 Å². The third kappa shape index (κ3) is 2.26. The highest BCUT2D eigenvalue weighted by molar-refractivity contribution is 5.99. The van der Waals surface area contributed by atoms with Crippen molar-refractivity contribution in [2.75, 3.05) is 13.2 Å². The first kappa shape index (κ1) is 12.7. The quantitative estimate of drug-likeness (QED) is 0.668. The molecule has 1 heterocycles. The highest BCUT2D eigenvalue weighted by atomic mass is 16.6. The molecule has 20 heavy (non-hydrogen) atoms. The SMILES string of the molecule is CC1CC1NC(=O)c1cc([N+](=O)[O-])cc2c1OCCO2. The molecule has 1 amide bonds. The van der Waals surface area contributed by atoms with E-state index in [2.05, 4.69) is 5.32 Å². The van der Waals surface area contributed by atoms with E-state index in [0.717, 1.165) is 6.42 Å². The normalized spacial score (nSPS) is 23.1. The zero-order valence-corrected chi connectivity index (χ0v) is 10.9. The number of nitrogens with one attached hydrogen (secondary N) is 1. The van der Waals surface area contributed by atoms with Crippen LogP contribution in [0.5, 0.6) is 11.5 Å². The van der Waals surface area contributed by atoms with Gasteiger partial charge in [0.25, 0.3) is 11.6 Å². The Labute approximate surface area is 115 Å². The summed E-state index contributed by atoms with van der Waals surface area (Å²) in [6, 6.07) is 2.66. The van der Waals surface area contributed by atoms with Gasteiger partial charge in [-0.2, -0.15) is 0 Å². The fraction of sp³-hybridized carbons (Fsp3) is 0.462. The number of nitro benzene ring substituents is 1. The van der Waals surface area contributed by atoms with Gasteiger partial charge in [0, 0.05) is 12.1 Å². The molecule has 0 radical (unpaired) electrons. The number of ether oxygens (including phenoxy) is 2. The van der Waals surface area contributed by atoms with Crippen LogP contribution in [0, 0.1) is 16.0 Å². The minimum atomic E-state index is -0.547. The first-order valence-corrected chi connectivity index (χ1v) is 6.45. The fourth-order valence-corrected chi connectivity index (χ4v) is 2.18. The van der Waals surface area contributed by atoms with Gasteiger partial charge in [0.1, 0.15) is 13.2 Å². The van der Waals surface area contributed by atoms with Gasteiger partial charge in [0.2, 0.25) is 0 Å². The summed E-state index contributed by atoms with van der Waals surface area (Å²) < 4.78 is 10.8. The molecule has 1 fully saturated rings. The summed E-state index contributed by atoms with van der Waals surface area (Å²) in [4.78, 5) is 22.6. The number of fused-ring (bicyclic) bond motifs is 1. The van der Waals surface area contributed by atoms with E-state index in [1.807, 2.05) is 6.92 Å². The van der Waals surface area contributed by atoms with Crippen LogP contribution in [0.15, 0.2) is 12.1 Å². The third-order valence-corrected chi connectivity index (χ3v) is 3.51.